The number of hydrogen-bond donors (Lipinski definition) is 0. The monoisotopic (exact) mass is 386 g/mol. The van der Waals surface area contributed by atoms with Gasteiger partial charge in [0.25, 0.3) is 0 Å². The van der Waals surface area contributed by atoms with Crippen molar-refractivity contribution in [2.45, 2.75) is 44.1 Å². The van der Waals surface area contributed by atoms with Crippen LogP contribution < -0.4 is 4.90 Å². The van der Waals surface area contributed by atoms with E-state index in [0.717, 1.165) is 63.1 Å². The van der Waals surface area contributed by atoms with Gasteiger partial charge >= 0.3 is 0 Å². The number of piperidine rings is 2. The molecule has 5 rings (SSSR count). The number of anilines is 1. The smallest absolute Gasteiger partial charge is 0.230 e. The fourth-order valence-electron chi connectivity index (χ4n) is 5.10. The predicted molar refractivity (Wildman–Crippen MR) is 111 cm³/mol. The maximum absolute atomic E-state index is 13.3. The Bertz CT molecular complexity index is 939. The second kappa shape index (κ2) is 7.18. The summed E-state index contributed by atoms with van der Waals surface area (Å²) in [6.45, 7) is 2.76. The summed E-state index contributed by atoms with van der Waals surface area (Å²) in [4.78, 5) is 22.2. The number of pyridine rings is 1. The van der Waals surface area contributed by atoms with E-state index in [-0.39, 0.29) is 11.3 Å². The van der Waals surface area contributed by atoms with E-state index in [0.29, 0.717) is 17.6 Å². The van der Waals surface area contributed by atoms with E-state index in [9.17, 15) is 4.79 Å². The van der Waals surface area contributed by atoms with Gasteiger partial charge in [-0.05, 0) is 55.2 Å². The highest BCUT2D eigenvalue weighted by atomic mass is 16.2. The molecule has 1 saturated carbocycles. The minimum absolute atomic E-state index is 0.0165. The Morgan fingerprint density at radius 2 is 1.79 bits per heavy atom. The lowest BCUT2D eigenvalue weighted by molar-refractivity contribution is -0.141. The summed E-state index contributed by atoms with van der Waals surface area (Å²) in [5, 5.41) is 9.14. The molecule has 0 radical (unpaired) electrons. The Morgan fingerprint density at radius 3 is 2.48 bits per heavy atom. The average molecular weight is 386 g/mol. The summed E-state index contributed by atoms with van der Waals surface area (Å²) in [6.07, 6.45) is 5.37. The molecule has 3 aliphatic rings. The Balaban J connectivity index is 1.37. The first-order chi connectivity index (χ1) is 14.2. The average Bonchev–Trinajstić information content (AvgIpc) is 3.62. The van der Waals surface area contributed by atoms with E-state index in [2.05, 4.69) is 33.0 Å². The van der Waals surface area contributed by atoms with E-state index in [1.807, 2.05) is 30.3 Å². The van der Waals surface area contributed by atoms with Crippen LogP contribution in [0.4, 0.5) is 5.82 Å². The Morgan fingerprint density at radius 1 is 1.03 bits per heavy atom. The molecule has 3 heterocycles. The van der Waals surface area contributed by atoms with Gasteiger partial charge in [-0.1, -0.05) is 36.4 Å². The number of nitriles is 1. The molecule has 2 aromatic rings. The maximum Gasteiger partial charge on any atom is 0.230 e. The molecule has 29 heavy (non-hydrogen) atoms. The highest BCUT2D eigenvalue weighted by Crippen LogP contribution is 2.48. The predicted octanol–water partition coefficient (Wildman–Crippen LogP) is 3.72. The Hall–Kier alpha value is -2.87. The highest BCUT2D eigenvalue weighted by molar-refractivity contribution is 5.85. The Kier molecular flexibility index (Phi) is 4.50. The van der Waals surface area contributed by atoms with Gasteiger partial charge in [-0.3, -0.25) is 4.79 Å². The second-order valence-corrected chi connectivity index (χ2v) is 8.84. The third kappa shape index (κ3) is 3.48. The third-order valence-electron chi connectivity index (χ3n) is 6.91. The van der Waals surface area contributed by atoms with E-state index in [1.165, 1.54) is 0 Å². The van der Waals surface area contributed by atoms with Crippen LogP contribution in [0.3, 0.4) is 0 Å². The summed E-state index contributed by atoms with van der Waals surface area (Å²) in [5.41, 5.74) is 1.81. The fourth-order valence-corrected chi connectivity index (χ4v) is 5.10. The molecule has 1 amide bonds. The van der Waals surface area contributed by atoms with Gasteiger partial charge < -0.3 is 9.80 Å². The van der Waals surface area contributed by atoms with Crippen molar-refractivity contribution in [2.75, 3.05) is 24.5 Å². The standard InChI is InChI=1S/C24H26N4O/c25-16-19-7-4-8-22(26-19)27-13-11-24(12-14-27)15-21(18-5-2-1-3-6-18)23(29)28(17-24)20-9-10-20/h1-8,20-21H,9-15,17H2/t21-/m1/s1. The van der Waals surface area contributed by atoms with Crippen LogP contribution in [-0.4, -0.2) is 41.5 Å². The largest absolute Gasteiger partial charge is 0.357 e. The van der Waals surface area contributed by atoms with Crippen LogP contribution in [0, 0.1) is 16.7 Å². The quantitative estimate of drug-likeness (QED) is 0.807. The molecule has 1 spiro atoms. The number of nitrogens with zero attached hydrogens (tertiary/aromatic N) is 4. The van der Waals surface area contributed by atoms with Crippen LogP contribution in [0.15, 0.2) is 48.5 Å². The molecular weight excluding hydrogens is 360 g/mol. The third-order valence-corrected chi connectivity index (χ3v) is 6.91. The lowest BCUT2D eigenvalue weighted by Gasteiger charge is -2.50. The topological polar surface area (TPSA) is 60.2 Å². The molecule has 1 aromatic heterocycles. The molecular formula is C24H26N4O. The number of aromatic nitrogens is 1. The molecule has 3 fully saturated rings. The molecule has 1 aromatic carbocycles. The summed E-state index contributed by atoms with van der Waals surface area (Å²) in [7, 11) is 0. The van der Waals surface area contributed by atoms with E-state index < -0.39 is 0 Å². The summed E-state index contributed by atoms with van der Waals surface area (Å²) < 4.78 is 0. The minimum atomic E-state index is -0.0165. The minimum Gasteiger partial charge on any atom is -0.357 e. The zero-order valence-electron chi connectivity index (χ0n) is 16.6. The molecule has 0 unspecified atom stereocenters. The van der Waals surface area contributed by atoms with Crippen LogP contribution in [0.2, 0.25) is 0 Å². The maximum atomic E-state index is 13.3. The molecule has 5 nitrogen and oxygen atoms in total. The summed E-state index contributed by atoms with van der Waals surface area (Å²) in [6, 6.07) is 18.6. The van der Waals surface area contributed by atoms with Crippen molar-refractivity contribution in [3.05, 3.63) is 59.8 Å². The van der Waals surface area contributed by atoms with Crippen molar-refractivity contribution < 1.29 is 4.79 Å². The zero-order chi connectivity index (χ0) is 19.8. The number of carbonyl (C=O) groups is 1. The number of likely N-dealkylation sites (tertiary alicyclic amines) is 1. The van der Waals surface area contributed by atoms with E-state index in [1.54, 1.807) is 6.07 Å². The van der Waals surface area contributed by atoms with Crippen LogP contribution in [0.5, 0.6) is 0 Å². The van der Waals surface area contributed by atoms with Gasteiger partial charge in [0.15, 0.2) is 0 Å². The normalized spacial score (nSPS) is 23.8. The van der Waals surface area contributed by atoms with Crippen LogP contribution in [-0.2, 0) is 4.79 Å². The molecule has 5 heteroatoms. The van der Waals surface area contributed by atoms with E-state index >= 15 is 0 Å². The lowest BCUT2D eigenvalue weighted by atomic mass is 9.67. The first kappa shape index (κ1) is 18.2. The van der Waals surface area contributed by atoms with E-state index in [4.69, 9.17) is 5.26 Å². The van der Waals surface area contributed by atoms with Crippen molar-refractivity contribution in [3.8, 4) is 6.07 Å². The first-order valence-corrected chi connectivity index (χ1v) is 10.7. The number of carbonyl (C=O) groups excluding carboxylic acids is 1. The lowest BCUT2D eigenvalue weighted by Crippen LogP contribution is -2.54. The highest BCUT2D eigenvalue weighted by Gasteiger charge is 2.49. The van der Waals surface area contributed by atoms with Crippen LogP contribution in [0.1, 0.15) is 49.3 Å². The molecule has 1 atom stereocenters. The van der Waals surface area contributed by atoms with Gasteiger partial charge in [0.1, 0.15) is 17.6 Å². The van der Waals surface area contributed by atoms with Gasteiger partial charge in [-0.2, -0.15) is 5.26 Å². The van der Waals surface area contributed by atoms with Crippen LogP contribution in [0.25, 0.3) is 0 Å². The van der Waals surface area contributed by atoms with Crippen molar-refractivity contribution in [1.82, 2.24) is 9.88 Å². The van der Waals surface area contributed by atoms with Gasteiger partial charge in [-0.25, -0.2) is 4.98 Å². The molecule has 0 bridgehead atoms. The van der Waals surface area contributed by atoms with Crippen molar-refractivity contribution in [1.29, 1.82) is 5.26 Å². The second-order valence-electron chi connectivity index (χ2n) is 8.84. The number of amides is 1. The molecule has 2 saturated heterocycles. The zero-order valence-corrected chi connectivity index (χ0v) is 16.6. The fraction of sp³-hybridized carbons (Fsp3) is 0.458. The van der Waals surface area contributed by atoms with Gasteiger partial charge in [0.05, 0.1) is 5.92 Å². The number of rotatable bonds is 3. The summed E-state index contributed by atoms with van der Waals surface area (Å²) >= 11 is 0. The van der Waals surface area contributed by atoms with Crippen LogP contribution >= 0.6 is 0 Å². The Labute approximate surface area is 172 Å². The van der Waals surface area contributed by atoms with Gasteiger partial charge in [0, 0.05) is 25.7 Å². The number of hydrogen-bond acceptors (Lipinski definition) is 4. The van der Waals surface area contributed by atoms with Gasteiger partial charge in [-0.15, -0.1) is 0 Å². The SMILES string of the molecule is N#Cc1cccc(N2CCC3(CC2)C[C@H](c2ccccc2)C(=O)N(C2CC2)C3)n1. The molecule has 2 aliphatic heterocycles. The number of benzene rings is 1. The van der Waals surface area contributed by atoms with Crippen molar-refractivity contribution in [3.63, 3.8) is 0 Å². The summed E-state index contributed by atoms with van der Waals surface area (Å²) in [5.74, 6) is 1.21. The molecule has 0 N–H and O–H groups in total. The van der Waals surface area contributed by atoms with Crippen molar-refractivity contribution in [2.24, 2.45) is 5.41 Å². The van der Waals surface area contributed by atoms with Gasteiger partial charge in [0.2, 0.25) is 5.91 Å². The molecule has 1 aliphatic carbocycles. The molecule has 148 valence electrons. The first-order valence-electron chi connectivity index (χ1n) is 10.7. The van der Waals surface area contributed by atoms with Crippen molar-refractivity contribution >= 4 is 11.7 Å².